The Balaban J connectivity index is 2.71. The minimum Gasteiger partial charge on any atom is -0.330 e. The lowest BCUT2D eigenvalue weighted by atomic mass is 9.93. The highest BCUT2D eigenvalue weighted by Crippen LogP contribution is 2.18. The van der Waals surface area contributed by atoms with Crippen molar-refractivity contribution in [2.75, 3.05) is 20.1 Å². The molecule has 0 unspecified atom stereocenters. The molecule has 0 aromatic carbocycles. The van der Waals surface area contributed by atoms with Gasteiger partial charge < -0.3 is 10.6 Å². The van der Waals surface area contributed by atoms with E-state index in [0.29, 0.717) is 6.54 Å². The van der Waals surface area contributed by atoms with Gasteiger partial charge in [-0.3, -0.25) is 4.68 Å². The second-order valence-corrected chi connectivity index (χ2v) is 5.81. The van der Waals surface area contributed by atoms with Crippen LogP contribution in [0.4, 0.5) is 0 Å². The first-order valence-electron chi connectivity index (χ1n) is 6.14. The minimum absolute atomic E-state index is 0.165. The molecule has 0 fully saturated rings. The summed E-state index contributed by atoms with van der Waals surface area (Å²) in [5.41, 5.74) is 9.65. The van der Waals surface area contributed by atoms with Crippen molar-refractivity contribution < 1.29 is 0 Å². The van der Waals surface area contributed by atoms with Crippen LogP contribution in [0.1, 0.15) is 30.8 Å². The van der Waals surface area contributed by atoms with E-state index in [4.69, 9.17) is 5.73 Å². The molecule has 0 amide bonds. The molecular weight excluding hydrogens is 212 g/mol. The van der Waals surface area contributed by atoms with Crippen LogP contribution >= 0.6 is 0 Å². The number of aryl methyl sites for hydroxylation is 2. The topological polar surface area (TPSA) is 47.1 Å². The van der Waals surface area contributed by atoms with Crippen LogP contribution in [-0.2, 0) is 13.6 Å². The number of nitrogens with zero attached hydrogens (tertiary/aromatic N) is 3. The standard InChI is InChI=1S/C13H26N4/c1-10-12(11(2)17(6)15-10)7-16(5)9-13(3,4)8-14/h7-9,14H2,1-6H3. The average molecular weight is 238 g/mol. The molecule has 98 valence electrons. The average Bonchev–Trinajstić information content (AvgIpc) is 2.44. The molecule has 1 rings (SSSR count). The van der Waals surface area contributed by atoms with Crippen LogP contribution in [0.25, 0.3) is 0 Å². The Bertz CT molecular complexity index is 379. The Hall–Kier alpha value is -0.870. The van der Waals surface area contributed by atoms with Gasteiger partial charge in [0.1, 0.15) is 0 Å². The molecule has 0 bridgehead atoms. The van der Waals surface area contributed by atoms with Crippen molar-refractivity contribution in [3.8, 4) is 0 Å². The van der Waals surface area contributed by atoms with Crippen LogP contribution in [0.3, 0.4) is 0 Å². The van der Waals surface area contributed by atoms with Gasteiger partial charge in [-0.25, -0.2) is 0 Å². The van der Waals surface area contributed by atoms with E-state index in [2.05, 4.69) is 44.7 Å². The Morgan fingerprint density at radius 1 is 1.35 bits per heavy atom. The molecular formula is C13H26N4. The van der Waals surface area contributed by atoms with Gasteiger partial charge in [-0.2, -0.15) is 5.10 Å². The van der Waals surface area contributed by atoms with Crippen molar-refractivity contribution in [2.45, 2.75) is 34.2 Å². The first-order chi connectivity index (χ1) is 7.76. The molecule has 0 saturated heterocycles. The van der Waals surface area contributed by atoms with Crippen molar-refractivity contribution in [3.63, 3.8) is 0 Å². The number of hydrogen-bond donors (Lipinski definition) is 1. The Labute approximate surface area is 105 Å². The van der Waals surface area contributed by atoms with Gasteiger partial charge >= 0.3 is 0 Å². The Morgan fingerprint density at radius 3 is 2.35 bits per heavy atom. The van der Waals surface area contributed by atoms with Crippen LogP contribution in [0.5, 0.6) is 0 Å². The fourth-order valence-electron chi connectivity index (χ4n) is 2.17. The van der Waals surface area contributed by atoms with E-state index in [1.54, 1.807) is 0 Å². The molecule has 0 aliphatic rings. The number of hydrogen-bond acceptors (Lipinski definition) is 3. The fourth-order valence-corrected chi connectivity index (χ4v) is 2.17. The minimum atomic E-state index is 0.165. The third-order valence-electron chi connectivity index (χ3n) is 3.34. The van der Waals surface area contributed by atoms with E-state index in [-0.39, 0.29) is 5.41 Å². The van der Waals surface area contributed by atoms with Crippen LogP contribution in [-0.4, -0.2) is 34.8 Å². The molecule has 1 aromatic heterocycles. The Kier molecular flexibility index (Phi) is 4.33. The molecule has 0 aliphatic heterocycles. The van der Waals surface area contributed by atoms with Crippen molar-refractivity contribution >= 4 is 0 Å². The van der Waals surface area contributed by atoms with Crippen molar-refractivity contribution in [1.29, 1.82) is 0 Å². The molecule has 17 heavy (non-hydrogen) atoms. The molecule has 0 spiro atoms. The predicted molar refractivity (Wildman–Crippen MR) is 71.9 cm³/mol. The predicted octanol–water partition coefficient (Wildman–Crippen LogP) is 1.45. The molecule has 0 atom stereocenters. The summed E-state index contributed by atoms with van der Waals surface area (Å²) in [6, 6.07) is 0. The number of rotatable bonds is 5. The highest BCUT2D eigenvalue weighted by molar-refractivity contribution is 5.24. The highest BCUT2D eigenvalue weighted by atomic mass is 15.3. The van der Waals surface area contributed by atoms with Crippen molar-refractivity contribution in [2.24, 2.45) is 18.2 Å². The summed E-state index contributed by atoms with van der Waals surface area (Å²) >= 11 is 0. The maximum absolute atomic E-state index is 5.77. The Morgan fingerprint density at radius 2 is 1.94 bits per heavy atom. The van der Waals surface area contributed by atoms with Crippen LogP contribution < -0.4 is 5.73 Å². The van der Waals surface area contributed by atoms with E-state index in [9.17, 15) is 0 Å². The van der Waals surface area contributed by atoms with E-state index in [1.807, 2.05) is 11.7 Å². The normalized spacial score (nSPS) is 12.5. The van der Waals surface area contributed by atoms with Gasteiger partial charge in [-0.05, 0) is 32.9 Å². The third-order valence-corrected chi connectivity index (χ3v) is 3.34. The first-order valence-corrected chi connectivity index (χ1v) is 6.14. The van der Waals surface area contributed by atoms with Crippen molar-refractivity contribution in [3.05, 3.63) is 17.0 Å². The summed E-state index contributed by atoms with van der Waals surface area (Å²) in [6.45, 7) is 11.2. The molecule has 4 nitrogen and oxygen atoms in total. The summed E-state index contributed by atoms with van der Waals surface area (Å²) in [6.07, 6.45) is 0. The van der Waals surface area contributed by atoms with Gasteiger partial charge in [0.25, 0.3) is 0 Å². The van der Waals surface area contributed by atoms with Crippen molar-refractivity contribution in [1.82, 2.24) is 14.7 Å². The van der Waals surface area contributed by atoms with Gasteiger partial charge in [0.05, 0.1) is 5.69 Å². The molecule has 0 saturated carbocycles. The lowest BCUT2D eigenvalue weighted by Crippen LogP contribution is -2.36. The highest BCUT2D eigenvalue weighted by Gasteiger charge is 2.19. The van der Waals surface area contributed by atoms with Crippen LogP contribution in [0, 0.1) is 19.3 Å². The molecule has 1 heterocycles. The van der Waals surface area contributed by atoms with Gasteiger partial charge in [0.2, 0.25) is 0 Å². The summed E-state index contributed by atoms with van der Waals surface area (Å²) < 4.78 is 1.95. The summed E-state index contributed by atoms with van der Waals surface area (Å²) in [5.74, 6) is 0. The lowest BCUT2D eigenvalue weighted by Gasteiger charge is -2.29. The van der Waals surface area contributed by atoms with Crippen LogP contribution in [0.2, 0.25) is 0 Å². The molecule has 2 N–H and O–H groups in total. The molecule has 0 radical (unpaired) electrons. The van der Waals surface area contributed by atoms with E-state index >= 15 is 0 Å². The zero-order valence-electron chi connectivity index (χ0n) is 12.0. The summed E-state index contributed by atoms with van der Waals surface area (Å²) in [7, 11) is 4.14. The maximum atomic E-state index is 5.77. The smallest absolute Gasteiger partial charge is 0.0641 e. The second kappa shape index (κ2) is 5.19. The van der Waals surface area contributed by atoms with Gasteiger partial charge in [0, 0.05) is 31.4 Å². The molecule has 0 aliphatic carbocycles. The van der Waals surface area contributed by atoms with E-state index < -0.39 is 0 Å². The largest absolute Gasteiger partial charge is 0.330 e. The maximum Gasteiger partial charge on any atom is 0.0641 e. The number of aromatic nitrogens is 2. The van der Waals surface area contributed by atoms with E-state index in [1.165, 1.54) is 11.3 Å². The quantitative estimate of drug-likeness (QED) is 0.844. The monoisotopic (exact) mass is 238 g/mol. The third kappa shape index (κ3) is 3.54. The number of nitrogens with two attached hydrogens (primary N) is 1. The van der Waals surface area contributed by atoms with Gasteiger partial charge in [-0.1, -0.05) is 13.8 Å². The molecule has 4 heteroatoms. The van der Waals surface area contributed by atoms with Gasteiger partial charge in [0.15, 0.2) is 0 Å². The first kappa shape index (κ1) is 14.2. The second-order valence-electron chi connectivity index (χ2n) is 5.81. The van der Waals surface area contributed by atoms with E-state index in [0.717, 1.165) is 18.8 Å². The zero-order valence-corrected chi connectivity index (χ0v) is 12.0. The zero-order chi connectivity index (χ0) is 13.2. The fraction of sp³-hybridized carbons (Fsp3) is 0.769. The van der Waals surface area contributed by atoms with Crippen LogP contribution in [0.15, 0.2) is 0 Å². The summed E-state index contributed by atoms with van der Waals surface area (Å²) in [5, 5.41) is 4.45. The van der Waals surface area contributed by atoms with Gasteiger partial charge in [-0.15, -0.1) is 0 Å². The summed E-state index contributed by atoms with van der Waals surface area (Å²) in [4.78, 5) is 2.32. The SMILES string of the molecule is Cc1nn(C)c(C)c1CN(C)CC(C)(C)CN. The lowest BCUT2D eigenvalue weighted by molar-refractivity contribution is 0.209. The molecule has 1 aromatic rings.